The van der Waals surface area contributed by atoms with Crippen LogP contribution >= 0.6 is 0 Å². The van der Waals surface area contributed by atoms with Gasteiger partial charge in [0, 0.05) is 24.6 Å². The third-order valence-corrected chi connectivity index (χ3v) is 4.86. The fourth-order valence-electron chi connectivity index (χ4n) is 3.19. The van der Waals surface area contributed by atoms with Crippen LogP contribution in [-0.2, 0) is 16.0 Å². The first-order chi connectivity index (χ1) is 14.5. The van der Waals surface area contributed by atoms with Crippen LogP contribution in [0.15, 0.2) is 67.1 Å². The SMILES string of the molecule is COC(=O)C(Cc1cccc(C#N)c1)C(C)NC(=O)c1ccc(-n2cccc2)nc1. The highest BCUT2D eigenvalue weighted by Gasteiger charge is 2.28. The average Bonchev–Trinajstić information content (AvgIpc) is 3.32. The Labute approximate surface area is 174 Å². The zero-order chi connectivity index (χ0) is 21.5. The molecule has 30 heavy (non-hydrogen) atoms. The van der Waals surface area contributed by atoms with Crippen LogP contribution in [0.1, 0.15) is 28.4 Å². The molecular formula is C23H22N4O3. The number of benzene rings is 1. The third-order valence-electron chi connectivity index (χ3n) is 4.86. The molecule has 0 aliphatic rings. The second-order valence-corrected chi connectivity index (χ2v) is 6.90. The van der Waals surface area contributed by atoms with Crippen molar-refractivity contribution >= 4 is 11.9 Å². The van der Waals surface area contributed by atoms with Gasteiger partial charge >= 0.3 is 5.97 Å². The molecule has 2 unspecified atom stereocenters. The lowest BCUT2D eigenvalue weighted by molar-refractivity contribution is -0.146. The summed E-state index contributed by atoms with van der Waals surface area (Å²) in [7, 11) is 1.32. The van der Waals surface area contributed by atoms with Gasteiger partial charge in [0.05, 0.1) is 30.2 Å². The third kappa shape index (κ3) is 4.92. The summed E-state index contributed by atoms with van der Waals surface area (Å²) in [6.07, 6.45) is 5.58. The van der Waals surface area contributed by atoms with Crippen LogP contribution in [0.2, 0.25) is 0 Å². The molecule has 0 radical (unpaired) electrons. The first-order valence-electron chi connectivity index (χ1n) is 9.49. The molecule has 0 aliphatic heterocycles. The van der Waals surface area contributed by atoms with Crippen molar-refractivity contribution in [3.05, 3.63) is 83.8 Å². The fourth-order valence-corrected chi connectivity index (χ4v) is 3.19. The summed E-state index contributed by atoms with van der Waals surface area (Å²) in [6, 6.07) is 15.9. The van der Waals surface area contributed by atoms with Crippen LogP contribution in [0.3, 0.4) is 0 Å². The van der Waals surface area contributed by atoms with E-state index < -0.39 is 17.9 Å². The van der Waals surface area contributed by atoms with E-state index in [1.807, 2.05) is 35.2 Å². The highest BCUT2D eigenvalue weighted by atomic mass is 16.5. The van der Waals surface area contributed by atoms with Gasteiger partial charge < -0.3 is 14.6 Å². The molecule has 2 atom stereocenters. The zero-order valence-electron chi connectivity index (χ0n) is 16.8. The number of hydrogen-bond donors (Lipinski definition) is 1. The van der Waals surface area contributed by atoms with E-state index >= 15 is 0 Å². The monoisotopic (exact) mass is 402 g/mol. The van der Waals surface area contributed by atoms with E-state index in [4.69, 9.17) is 10.00 Å². The number of carbonyl (C=O) groups excluding carboxylic acids is 2. The fraction of sp³-hybridized carbons (Fsp3) is 0.217. The standard InChI is InChI=1S/C23H22N4O3/c1-16(20(23(29)30-2)13-17-6-5-7-18(12-17)14-24)26-22(28)19-8-9-21(25-15-19)27-10-3-4-11-27/h3-12,15-16,20H,13H2,1-2H3,(H,26,28). The number of aromatic nitrogens is 2. The molecule has 0 aliphatic carbocycles. The second-order valence-electron chi connectivity index (χ2n) is 6.90. The molecule has 1 amide bonds. The van der Waals surface area contributed by atoms with Crippen LogP contribution in [0, 0.1) is 17.2 Å². The zero-order valence-corrected chi connectivity index (χ0v) is 16.8. The van der Waals surface area contributed by atoms with Gasteiger partial charge in [-0.05, 0) is 55.3 Å². The lowest BCUT2D eigenvalue weighted by Crippen LogP contribution is -2.42. The van der Waals surface area contributed by atoms with Crippen molar-refractivity contribution in [1.82, 2.24) is 14.9 Å². The summed E-state index contributed by atoms with van der Waals surface area (Å²) >= 11 is 0. The molecule has 3 aromatic rings. The Morgan fingerprint density at radius 3 is 2.60 bits per heavy atom. The van der Waals surface area contributed by atoms with Crippen molar-refractivity contribution in [3.63, 3.8) is 0 Å². The van der Waals surface area contributed by atoms with Crippen molar-refractivity contribution in [2.75, 3.05) is 7.11 Å². The summed E-state index contributed by atoms with van der Waals surface area (Å²) in [4.78, 5) is 29.3. The topological polar surface area (TPSA) is 97.0 Å². The molecule has 2 aromatic heterocycles. The molecule has 7 nitrogen and oxygen atoms in total. The maximum atomic E-state index is 12.7. The van der Waals surface area contributed by atoms with Crippen LogP contribution < -0.4 is 5.32 Å². The number of methoxy groups -OCH3 is 1. The summed E-state index contributed by atoms with van der Waals surface area (Å²) in [5.41, 5.74) is 1.73. The number of ether oxygens (including phenoxy) is 1. The first-order valence-corrected chi connectivity index (χ1v) is 9.49. The molecule has 0 spiro atoms. The summed E-state index contributed by atoms with van der Waals surface area (Å²) in [5, 5.41) is 11.9. The van der Waals surface area contributed by atoms with Gasteiger partial charge in [0.25, 0.3) is 5.91 Å². The normalized spacial score (nSPS) is 12.4. The van der Waals surface area contributed by atoms with E-state index in [0.29, 0.717) is 23.4 Å². The van der Waals surface area contributed by atoms with Crippen molar-refractivity contribution in [3.8, 4) is 11.9 Å². The van der Waals surface area contributed by atoms with Gasteiger partial charge in [-0.2, -0.15) is 5.26 Å². The first kappa shape index (κ1) is 20.8. The lowest BCUT2D eigenvalue weighted by atomic mass is 9.92. The number of hydrogen-bond acceptors (Lipinski definition) is 5. The Kier molecular flexibility index (Phi) is 6.60. The van der Waals surface area contributed by atoms with Crippen LogP contribution in [-0.4, -0.2) is 34.6 Å². The molecule has 1 aromatic carbocycles. The molecule has 0 fully saturated rings. The quantitative estimate of drug-likeness (QED) is 0.613. The van der Waals surface area contributed by atoms with E-state index in [1.165, 1.54) is 13.3 Å². The average molecular weight is 402 g/mol. The molecular weight excluding hydrogens is 380 g/mol. The largest absolute Gasteiger partial charge is 0.469 e. The number of nitriles is 1. The van der Waals surface area contributed by atoms with Gasteiger partial charge in [0.1, 0.15) is 5.82 Å². The number of nitrogens with one attached hydrogen (secondary N) is 1. The van der Waals surface area contributed by atoms with Crippen molar-refractivity contribution in [2.45, 2.75) is 19.4 Å². The number of nitrogens with zero attached hydrogens (tertiary/aromatic N) is 3. The van der Waals surface area contributed by atoms with E-state index in [-0.39, 0.29) is 5.91 Å². The number of rotatable bonds is 7. The summed E-state index contributed by atoms with van der Waals surface area (Å²) in [5.74, 6) is -0.644. The van der Waals surface area contributed by atoms with E-state index in [9.17, 15) is 9.59 Å². The Balaban J connectivity index is 1.71. The molecule has 3 rings (SSSR count). The van der Waals surface area contributed by atoms with Crippen LogP contribution in [0.5, 0.6) is 0 Å². The molecule has 7 heteroatoms. The van der Waals surface area contributed by atoms with Gasteiger partial charge in [0.15, 0.2) is 0 Å². The van der Waals surface area contributed by atoms with Crippen LogP contribution in [0.4, 0.5) is 0 Å². The van der Waals surface area contributed by atoms with Crippen molar-refractivity contribution < 1.29 is 14.3 Å². The molecule has 2 heterocycles. The van der Waals surface area contributed by atoms with Gasteiger partial charge in [-0.25, -0.2) is 4.98 Å². The van der Waals surface area contributed by atoms with Crippen LogP contribution in [0.25, 0.3) is 5.82 Å². The maximum Gasteiger partial charge on any atom is 0.311 e. The molecule has 0 saturated carbocycles. The number of carbonyl (C=O) groups is 2. The number of amides is 1. The lowest BCUT2D eigenvalue weighted by Gasteiger charge is -2.23. The minimum absolute atomic E-state index is 0.325. The van der Waals surface area contributed by atoms with E-state index in [0.717, 1.165) is 5.56 Å². The Morgan fingerprint density at radius 1 is 1.20 bits per heavy atom. The molecule has 0 bridgehead atoms. The van der Waals surface area contributed by atoms with E-state index in [2.05, 4.69) is 16.4 Å². The van der Waals surface area contributed by atoms with E-state index in [1.54, 1.807) is 37.3 Å². The maximum absolute atomic E-state index is 12.7. The van der Waals surface area contributed by atoms with Gasteiger partial charge in [0.2, 0.25) is 0 Å². The Hall–Kier alpha value is -3.92. The number of pyridine rings is 1. The second kappa shape index (κ2) is 9.52. The highest BCUT2D eigenvalue weighted by Crippen LogP contribution is 2.17. The van der Waals surface area contributed by atoms with Crippen molar-refractivity contribution in [2.24, 2.45) is 5.92 Å². The van der Waals surface area contributed by atoms with Crippen molar-refractivity contribution in [1.29, 1.82) is 5.26 Å². The predicted octanol–water partition coefficient (Wildman–Crippen LogP) is 2.89. The highest BCUT2D eigenvalue weighted by molar-refractivity contribution is 5.94. The smallest absolute Gasteiger partial charge is 0.311 e. The summed E-state index contributed by atoms with van der Waals surface area (Å²) < 4.78 is 6.78. The Morgan fingerprint density at radius 2 is 1.97 bits per heavy atom. The Bertz CT molecular complexity index is 1050. The number of esters is 1. The predicted molar refractivity (Wildman–Crippen MR) is 111 cm³/mol. The minimum Gasteiger partial charge on any atom is -0.469 e. The van der Waals surface area contributed by atoms with Gasteiger partial charge in [-0.15, -0.1) is 0 Å². The molecule has 1 N–H and O–H groups in total. The molecule has 152 valence electrons. The summed E-state index contributed by atoms with van der Waals surface area (Å²) in [6.45, 7) is 1.76. The van der Waals surface area contributed by atoms with Gasteiger partial charge in [-0.3, -0.25) is 9.59 Å². The van der Waals surface area contributed by atoms with Gasteiger partial charge in [-0.1, -0.05) is 12.1 Å². The molecule has 0 saturated heterocycles. The minimum atomic E-state index is -0.597.